The van der Waals surface area contributed by atoms with Crippen molar-refractivity contribution in [2.75, 3.05) is 17.7 Å². The highest BCUT2D eigenvalue weighted by Gasteiger charge is 2.28. The Labute approximate surface area is 128 Å². The molecule has 2 N–H and O–H groups in total. The van der Waals surface area contributed by atoms with Crippen LogP contribution in [0.15, 0.2) is 24.3 Å². The van der Waals surface area contributed by atoms with Crippen LogP contribution in [-0.2, 0) is 4.79 Å². The maximum atomic E-state index is 12.6. The molecule has 0 unspecified atom stereocenters. The Bertz CT molecular complexity index is 447. The predicted octanol–water partition coefficient (Wildman–Crippen LogP) is 4.23. The Hall–Kier alpha value is -1.51. The number of carbonyl (C=O) groups is 1. The van der Waals surface area contributed by atoms with Crippen molar-refractivity contribution in [2.45, 2.75) is 51.9 Å². The summed E-state index contributed by atoms with van der Waals surface area (Å²) in [6.07, 6.45) is 8.47. The molecule has 0 atom stereocenters. The summed E-state index contributed by atoms with van der Waals surface area (Å²) < 4.78 is 0. The molecule has 1 fully saturated rings. The number of rotatable bonds is 5. The predicted molar refractivity (Wildman–Crippen MR) is 89.2 cm³/mol. The molecule has 3 heteroatoms. The van der Waals surface area contributed by atoms with E-state index in [1.165, 1.54) is 32.1 Å². The summed E-state index contributed by atoms with van der Waals surface area (Å²) in [5.74, 6) is 1.30. The number of benzene rings is 1. The quantitative estimate of drug-likeness (QED) is 0.824. The van der Waals surface area contributed by atoms with Gasteiger partial charge in [-0.1, -0.05) is 26.2 Å². The molecule has 0 saturated heterocycles. The minimum atomic E-state index is 0.199. The summed E-state index contributed by atoms with van der Waals surface area (Å²) >= 11 is 0. The van der Waals surface area contributed by atoms with Crippen molar-refractivity contribution in [1.29, 1.82) is 0 Å². The maximum absolute atomic E-state index is 12.6. The van der Waals surface area contributed by atoms with Gasteiger partial charge in [-0.3, -0.25) is 4.79 Å². The van der Waals surface area contributed by atoms with Crippen LogP contribution in [0, 0.1) is 11.8 Å². The highest BCUT2D eigenvalue weighted by atomic mass is 16.2. The first-order valence-corrected chi connectivity index (χ1v) is 8.25. The Morgan fingerprint density at radius 2 is 1.81 bits per heavy atom. The van der Waals surface area contributed by atoms with E-state index in [0.717, 1.165) is 30.1 Å². The molecule has 0 radical (unpaired) electrons. The Balaban J connectivity index is 1.88. The average molecular weight is 288 g/mol. The molecule has 0 bridgehead atoms. The molecular formula is C18H28N2O. The summed E-state index contributed by atoms with van der Waals surface area (Å²) in [4.78, 5) is 14.4. The smallest absolute Gasteiger partial charge is 0.229 e. The van der Waals surface area contributed by atoms with E-state index < -0.39 is 0 Å². The second-order valence-electron chi connectivity index (χ2n) is 6.35. The molecule has 0 aliphatic heterocycles. The first-order valence-electron chi connectivity index (χ1n) is 8.25. The van der Waals surface area contributed by atoms with E-state index in [1.807, 2.05) is 31.3 Å². The maximum Gasteiger partial charge on any atom is 0.229 e. The summed E-state index contributed by atoms with van der Waals surface area (Å²) in [5.41, 5.74) is 7.36. The van der Waals surface area contributed by atoms with Crippen LogP contribution in [0.4, 0.5) is 11.4 Å². The molecule has 0 aromatic heterocycles. The van der Waals surface area contributed by atoms with Crippen molar-refractivity contribution < 1.29 is 4.79 Å². The number of anilines is 2. The molecule has 1 aromatic rings. The van der Waals surface area contributed by atoms with Gasteiger partial charge in [-0.15, -0.1) is 0 Å². The number of carbonyl (C=O) groups excluding carboxylic acids is 1. The minimum absolute atomic E-state index is 0.199. The molecule has 3 nitrogen and oxygen atoms in total. The number of amides is 1. The minimum Gasteiger partial charge on any atom is -0.399 e. The first kappa shape index (κ1) is 15.9. The van der Waals surface area contributed by atoms with Crippen LogP contribution >= 0.6 is 0 Å². The lowest BCUT2D eigenvalue weighted by Crippen LogP contribution is -2.35. The molecule has 1 aliphatic rings. The topological polar surface area (TPSA) is 46.3 Å². The van der Waals surface area contributed by atoms with Gasteiger partial charge in [0.1, 0.15) is 0 Å². The lowest BCUT2D eigenvalue weighted by Gasteiger charge is -2.30. The Kier molecular flexibility index (Phi) is 5.66. The van der Waals surface area contributed by atoms with Crippen LogP contribution in [0.25, 0.3) is 0 Å². The zero-order valence-electron chi connectivity index (χ0n) is 13.3. The van der Waals surface area contributed by atoms with Crippen LogP contribution in [0.1, 0.15) is 51.9 Å². The third kappa shape index (κ3) is 4.23. The van der Waals surface area contributed by atoms with Crippen molar-refractivity contribution in [1.82, 2.24) is 0 Å². The van der Waals surface area contributed by atoms with Crippen LogP contribution in [0.2, 0.25) is 0 Å². The molecule has 21 heavy (non-hydrogen) atoms. The summed E-state index contributed by atoms with van der Waals surface area (Å²) in [7, 11) is 1.87. The van der Waals surface area contributed by atoms with Crippen molar-refractivity contribution in [3.63, 3.8) is 0 Å². The fourth-order valence-electron chi connectivity index (χ4n) is 3.29. The van der Waals surface area contributed by atoms with Gasteiger partial charge >= 0.3 is 0 Å². The highest BCUT2D eigenvalue weighted by Crippen LogP contribution is 2.33. The lowest BCUT2D eigenvalue weighted by molar-refractivity contribution is -0.123. The molecule has 1 saturated carbocycles. The van der Waals surface area contributed by atoms with Gasteiger partial charge in [0, 0.05) is 24.3 Å². The number of nitrogen functional groups attached to an aromatic ring is 1. The standard InChI is InChI=1S/C18H28N2O/c1-3-4-5-14-6-8-15(9-7-14)18(21)20(2)17-12-10-16(19)11-13-17/h10-15H,3-9,19H2,1-2H3. The second kappa shape index (κ2) is 7.48. The van der Waals surface area contributed by atoms with E-state index in [-0.39, 0.29) is 11.8 Å². The van der Waals surface area contributed by atoms with Crippen molar-refractivity contribution in [3.05, 3.63) is 24.3 Å². The number of unbranched alkanes of at least 4 members (excludes halogenated alkanes) is 1. The van der Waals surface area contributed by atoms with E-state index in [9.17, 15) is 4.79 Å². The third-order valence-electron chi connectivity index (χ3n) is 4.77. The Morgan fingerprint density at radius 1 is 1.19 bits per heavy atom. The van der Waals surface area contributed by atoms with E-state index >= 15 is 0 Å². The number of nitrogens with two attached hydrogens (primary N) is 1. The molecular weight excluding hydrogens is 260 g/mol. The van der Waals surface area contributed by atoms with E-state index in [1.54, 1.807) is 4.90 Å². The van der Waals surface area contributed by atoms with E-state index in [2.05, 4.69) is 6.92 Å². The summed E-state index contributed by atoms with van der Waals surface area (Å²) in [6.45, 7) is 2.25. The third-order valence-corrected chi connectivity index (χ3v) is 4.77. The van der Waals surface area contributed by atoms with Gasteiger partial charge in [0.05, 0.1) is 0 Å². The normalized spacial score (nSPS) is 22.0. The molecule has 2 rings (SSSR count). The SMILES string of the molecule is CCCCC1CCC(C(=O)N(C)c2ccc(N)cc2)CC1. The number of hydrogen-bond acceptors (Lipinski definition) is 2. The van der Waals surface area contributed by atoms with Gasteiger partial charge in [-0.2, -0.15) is 0 Å². The van der Waals surface area contributed by atoms with E-state index in [0.29, 0.717) is 0 Å². The van der Waals surface area contributed by atoms with Crippen LogP contribution < -0.4 is 10.6 Å². The molecule has 1 aliphatic carbocycles. The van der Waals surface area contributed by atoms with Crippen molar-refractivity contribution >= 4 is 17.3 Å². The zero-order valence-corrected chi connectivity index (χ0v) is 13.3. The molecule has 1 amide bonds. The second-order valence-corrected chi connectivity index (χ2v) is 6.35. The summed E-state index contributed by atoms with van der Waals surface area (Å²) in [6, 6.07) is 7.53. The highest BCUT2D eigenvalue weighted by molar-refractivity contribution is 5.94. The van der Waals surface area contributed by atoms with Gasteiger partial charge in [0.25, 0.3) is 0 Å². The number of hydrogen-bond donors (Lipinski definition) is 1. The van der Waals surface area contributed by atoms with Gasteiger partial charge in [0.2, 0.25) is 5.91 Å². The van der Waals surface area contributed by atoms with Gasteiger partial charge < -0.3 is 10.6 Å². The number of nitrogens with zero attached hydrogens (tertiary/aromatic N) is 1. The van der Waals surface area contributed by atoms with Crippen molar-refractivity contribution in [3.8, 4) is 0 Å². The van der Waals surface area contributed by atoms with Gasteiger partial charge in [-0.05, 0) is 55.9 Å². The fourth-order valence-corrected chi connectivity index (χ4v) is 3.29. The molecule has 1 aromatic carbocycles. The first-order chi connectivity index (χ1) is 10.1. The van der Waals surface area contributed by atoms with Crippen molar-refractivity contribution in [2.24, 2.45) is 11.8 Å². The Morgan fingerprint density at radius 3 is 2.38 bits per heavy atom. The molecule has 116 valence electrons. The average Bonchev–Trinajstić information content (AvgIpc) is 2.53. The lowest BCUT2D eigenvalue weighted by atomic mass is 9.79. The molecule has 0 heterocycles. The van der Waals surface area contributed by atoms with Crippen LogP contribution in [-0.4, -0.2) is 13.0 Å². The monoisotopic (exact) mass is 288 g/mol. The van der Waals surface area contributed by atoms with Gasteiger partial charge in [-0.25, -0.2) is 0 Å². The van der Waals surface area contributed by atoms with Crippen LogP contribution in [0.5, 0.6) is 0 Å². The van der Waals surface area contributed by atoms with Crippen LogP contribution in [0.3, 0.4) is 0 Å². The fraction of sp³-hybridized carbons (Fsp3) is 0.611. The zero-order chi connectivity index (χ0) is 15.2. The largest absolute Gasteiger partial charge is 0.399 e. The molecule has 0 spiro atoms. The van der Waals surface area contributed by atoms with E-state index in [4.69, 9.17) is 5.73 Å². The van der Waals surface area contributed by atoms with Gasteiger partial charge in [0.15, 0.2) is 0 Å². The summed E-state index contributed by atoms with van der Waals surface area (Å²) in [5, 5.41) is 0.